The van der Waals surface area contributed by atoms with Crippen molar-refractivity contribution in [2.45, 2.75) is 44.9 Å². The molecule has 1 aromatic carbocycles. The summed E-state index contributed by atoms with van der Waals surface area (Å²) in [6, 6.07) is 6.06. The maximum atomic E-state index is 9.44. The van der Waals surface area contributed by atoms with Crippen molar-refractivity contribution >= 4 is 0 Å². The standard InChI is InChI=1S/C13H18O/c1-10-9-12(7-8-13(10)14)11-5-3-2-4-6-11/h7-9,11,14H,2-6H2,1H3. The third-order valence-corrected chi connectivity index (χ3v) is 3.30. The lowest BCUT2D eigenvalue weighted by Crippen LogP contribution is -2.04. The van der Waals surface area contributed by atoms with Crippen LogP contribution in [0.25, 0.3) is 0 Å². The van der Waals surface area contributed by atoms with E-state index in [9.17, 15) is 5.11 Å². The van der Waals surface area contributed by atoms with Crippen molar-refractivity contribution in [3.8, 4) is 5.75 Å². The number of hydrogen-bond acceptors (Lipinski definition) is 1. The van der Waals surface area contributed by atoms with Crippen molar-refractivity contribution in [2.75, 3.05) is 0 Å². The minimum absolute atomic E-state index is 0.421. The number of aryl methyl sites for hydroxylation is 1. The van der Waals surface area contributed by atoms with Crippen LogP contribution in [0.1, 0.15) is 49.1 Å². The zero-order valence-corrected chi connectivity index (χ0v) is 8.79. The second kappa shape index (κ2) is 4.04. The molecule has 76 valence electrons. The fraction of sp³-hybridized carbons (Fsp3) is 0.538. The first-order valence-electron chi connectivity index (χ1n) is 5.57. The molecule has 0 aromatic heterocycles. The Morgan fingerprint density at radius 1 is 1.14 bits per heavy atom. The highest BCUT2D eigenvalue weighted by atomic mass is 16.3. The Morgan fingerprint density at radius 3 is 2.50 bits per heavy atom. The summed E-state index contributed by atoms with van der Waals surface area (Å²) in [4.78, 5) is 0. The highest BCUT2D eigenvalue weighted by molar-refractivity contribution is 5.36. The van der Waals surface area contributed by atoms with E-state index in [4.69, 9.17) is 0 Å². The fourth-order valence-corrected chi connectivity index (χ4v) is 2.37. The van der Waals surface area contributed by atoms with Gasteiger partial charge < -0.3 is 5.11 Å². The first-order valence-corrected chi connectivity index (χ1v) is 5.57. The zero-order valence-electron chi connectivity index (χ0n) is 8.79. The van der Waals surface area contributed by atoms with Crippen molar-refractivity contribution in [2.24, 2.45) is 0 Å². The van der Waals surface area contributed by atoms with Gasteiger partial charge >= 0.3 is 0 Å². The number of phenolic OH excluding ortho intramolecular Hbond substituents is 1. The molecule has 1 nitrogen and oxygen atoms in total. The average molecular weight is 190 g/mol. The Labute approximate surface area is 85.8 Å². The van der Waals surface area contributed by atoms with Gasteiger partial charge in [-0.25, -0.2) is 0 Å². The van der Waals surface area contributed by atoms with E-state index in [1.807, 2.05) is 13.0 Å². The van der Waals surface area contributed by atoms with Crippen LogP contribution in [0.5, 0.6) is 5.75 Å². The second-order valence-corrected chi connectivity index (χ2v) is 4.38. The summed E-state index contributed by atoms with van der Waals surface area (Å²) in [7, 11) is 0. The predicted molar refractivity (Wildman–Crippen MR) is 58.7 cm³/mol. The highest BCUT2D eigenvalue weighted by Gasteiger charge is 2.15. The molecule has 0 unspecified atom stereocenters. The van der Waals surface area contributed by atoms with Crippen molar-refractivity contribution in [3.63, 3.8) is 0 Å². The lowest BCUT2D eigenvalue weighted by Gasteiger charge is -2.22. The van der Waals surface area contributed by atoms with Crippen LogP contribution < -0.4 is 0 Å². The monoisotopic (exact) mass is 190 g/mol. The van der Waals surface area contributed by atoms with E-state index in [2.05, 4.69) is 12.1 Å². The molecule has 0 saturated heterocycles. The fourth-order valence-electron chi connectivity index (χ4n) is 2.37. The molecular weight excluding hydrogens is 172 g/mol. The molecule has 0 radical (unpaired) electrons. The summed E-state index contributed by atoms with van der Waals surface area (Å²) in [6.07, 6.45) is 6.77. The van der Waals surface area contributed by atoms with Crippen LogP contribution in [0.2, 0.25) is 0 Å². The molecule has 0 amide bonds. The third kappa shape index (κ3) is 1.92. The second-order valence-electron chi connectivity index (χ2n) is 4.38. The molecule has 1 saturated carbocycles. The quantitative estimate of drug-likeness (QED) is 0.715. The van der Waals surface area contributed by atoms with Gasteiger partial charge in [0.25, 0.3) is 0 Å². The molecule has 1 aliphatic carbocycles. The van der Waals surface area contributed by atoms with Gasteiger partial charge in [0.15, 0.2) is 0 Å². The molecular formula is C13H18O. The van der Waals surface area contributed by atoms with Gasteiger partial charge in [-0.15, -0.1) is 0 Å². The van der Waals surface area contributed by atoms with Gasteiger partial charge in [0, 0.05) is 0 Å². The number of phenols is 1. The van der Waals surface area contributed by atoms with Gasteiger partial charge in [0.2, 0.25) is 0 Å². The first kappa shape index (κ1) is 9.57. The molecule has 0 aliphatic heterocycles. The number of benzene rings is 1. The van der Waals surface area contributed by atoms with E-state index in [0.717, 1.165) is 11.5 Å². The SMILES string of the molecule is Cc1cc(C2CCCCC2)ccc1O. The smallest absolute Gasteiger partial charge is 0.118 e. The number of hydrogen-bond donors (Lipinski definition) is 1. The van der Waals surface area contributed by atoms with Gasteiger partial charge in [-0.05, 0) is 42.9 Å². The predicted octanol–water partition coefficient (Wildman–Crippen LogP) is 3.75. The van der Waals surface area contributed by atoms with E-state index in [1.165, 1.54) is 37.7 Å². The summed E-state index contributed by atoms with van der Waals surface area (Å²) in [5, 5.41) is 9.44. The van der Waals surface area contributed by atoms with Gasteiger partial charge in [-0.2, -0.15) is 0 Å². The molecule has 1 fully saturated rings. The summed E-state index contributed by atoms with van der Waals surface area (Å²) in [6.45, 7) is 1.97. The molecule has 1 heteroatoms. The summed E-state index contributed by atoms with van der Waals surface area (Å²) in [5.41, 5.74) is 2.42. The minimum Gasteiger partial charge on any atom is -0.508 e. The van der Waals surface area contributed by atoms with Gasteiger partial charge in [-0.3, -0.25) is 0 Å². The van der Waals surface area contributed by atoms with E-state index in [-0.39, 0.29) is 0 Å². The van der Waals surface area contributed by atoms with Gasteiger partial charge in [-0.1, -0.05) is 31.4 Å². The number of aromatic hydroxyl groups is 1. The van der Waals surface area contributed by atoms with Crippen LogP contribution in [0.15, 0.2) is 18.2 Å². The lowest BCUT2D eigenvalue weighted by molar-refractivity contribution is 0.441. The number of rotatable bonds is 1. The van der Waals surface area contributed by atoms with E-state index < -0.39 is 0 Å². The van der Waals surface area contributed by atoms with E-state index in [1.54, 1.807) is 0 Å². The molecule has 0 bridgehead atoms. The summed E-state index contributed by atoms with van der Waals surface area (Å²) < 4.78 is 0. The topological polar surface area (TPSA) is 20.2 Å². The van der Waals surface area contributed by atoms with Crippen LogP contribution in [-0.2, 0) is 0 Å². The van der Waals surface area contributed by atoms with Crippen LogP contribution in [0.4, 0.5) is 0 Å². The van der Waals surface area contributed by atoms with Crippen molar-refractivity contribution < 1.29 is 5.11 Å². The summed E-state index contributed by atoms with van der Waals surface area (Å²) in [5.74, 6) is 1.16. The van der Waals surface area contributed by atoms with Crippen LogP contribution >= 0.6 is 0 Å². The first-order chi connectivity index (χ1) is 6.77. The molecule has 0 heterocycles. The van der Waals surface area contributed by atoms with Gasteiger partial charge in [0.1, 0.15) is 5.75 Å². The molecule has 0 spiro atoms. The van der Waals surface area contributed by atoms with E-state index in [0.29, 0.717) is 5.75 Å². The molecule has 0 atom stereocenters. The van der Waals surface area contributed by atoms with Crippen LogP contribution in [0.3, 0.4) is 0 Å². The molecule has 2 rings (SSSR count). The maximum Gasteiger partial charge on any atom is 0.118 e. The minimum atomic E-state index is 0.421. The van der Waals surface area contributed by atoms with E-state index >= 15 is 0 Å². The Balaban J connectivity index is 2.18. The third-order valence-electron chi connectivity index (χ3n) is 3.30. The van der Waals surface area contributed by atoms with Crippen molar-refractivity contribution in [3.05, 3.63) is 29.3 Å². The average Bonchev–Trinajstić information content (AvgIpc) is 2.23. The largest absolute Gasteiger partial charge is 0.508 e. The van der Waals surface area contributed by atoms with Gasteiger partial charge in [0.05, 0.1) is 0 Å². The van der Waals surface area contributed by atoms with Crippen LogP contribution in [0, 0.1) is 6.92 Å². The maximum absolute atomic E-state index is 9.44. The normalized spacial score (nSPS) is 18.4. The van der Waals surface area contributed by atoms with Crippen molar-refractivity contribution in [1.29, 1.82) is 0 Å². The highest BCUT2D eigenvalue weighted by Crippen LogP contribution is 2.34. The molecule has 14 heavy (non-hydrogen) atoms. The Kier molecular flexibility index (Phi) is 2.76. The van der Waals surface area contributed by atoms with Crippen LogP contribution in [-0.4, -0.2) is 5.11 Å². The Morgan fingerprint density at radius 2 is 1.86 bits per heavy atom. The van der Waals surface area contributed by atoms with Crippen molar-refractivity contribution in [1.82, 2.24) is 0 Å². The Bertz CT molecular complexity index is 311. The lowest BCUT2D eigenvalue weighted by atomic mass is 9.83. The summed E-state index contributed by atoms with van der Waals surface area (Å²) >= 11 is 0. The zero-order chi connectivity index (χ0) is 9.97. The molecule has 1 aliphatic rings. The molecule has 1 aromatic rings. The molecule has 1 N–H and O–H groups in total. The Hall–Kier alpha value is -0.980.